The molecule has 4 heteroatoms. The third-order valence-electron chi connectivity index (χ3n) is 3.29. The number of benzene rings is 3. The van der Waals surface area contributed by atoms with E-state index in [-0.39, 0.29) is 0 Å². The Bertz CT molecular complexity index is 744. The van der Waals surface area contributed by atoms with E-state index in [0.29, 0.717) is 25.3 Å². The van der Waals surface area contributed by atoms with Crippen LogP contribution in [0.15, 0.2) is 72.8 Å². The van der Waals surface area contributed by atoms with Gasteiger partial charge in [-0.25, -0.2) is 0 Å². The smallest absolute Gasteiger partial charge is 0.207 e. The zero-order valence-corrected chi connectivity index (χ0v) is 13.4. The van der Waals surface area contributed by atoms with Crippen LogP contribution in [-0.4, -0.2) is 24.7 Å². The number of amides is 1. The molecule has 0 aromatic heterocycles. The highest BCUT2D eigenvalue weighted by Crippen LogP contribution is 2.18. The molecule has 0 bridgehead atoms. The van der Waals surface area contributed by atoms with Gasteiger partial charge in [0.2, 0.25) is 6.41 Å². The maximum absolute atomic E-state index is 9.89. The molecule has 24 heavy (non-hydrogen) atoms. The van der Waals surface area contributed by atoms with Crippen molar-refractivity contribution in [3.05, 3.63) is 72.8 Å². The van der Waals surface area contributed by atoms with Gasteiger partial charge in [0.15, 0.2) is 0 Å². The van der Waals surface area contributed by atoms with Gasteiger partial charge in [-0.1, -0.05) is 48.5 Å². The number of fused-ring (bicyclic) bond motifs is 1. The number of rotatable bonds is 6. The fourth-order valence-corrected chi connectivity index (χ4v) is 2.12. The summed E-state index contributed by atoms with van der Waals surface area (Å²) in [6, 6.07) is 22.9. The molecule has 0 saturated heterocycles. The lowest BCUT2D eigenvalue weighted by Gasteiger charge is -2.04. The highest BCUT2D eigenvalue weighted by molar-refractivity contribution is 5.83. The monoisotopic (exact) mass is 323 g/mol. The number of carbonyl (C=O) groups is 1. The number of aromatic hydroxyl groups is 1. The van der Waals surface area contributed by atoms with Crippen LogP contribution in [0.5, 0.6) is 11.5 Å². The second-order valence-electron chi connectivity index (χ2n) is 5.12. The molecule has 0 atom stereocenters. The maximum atomic E-state index is 9.89. The third kappa shape index (κ3) is 6.01. The van der Waals surface area contributed by atoms with Crippen molar-refractivity contribution in [3.63, 3.8) is 0 Å². The molecule has 0 saturated carbocycles. The Hall–Kier alpha value is -3.01. The summed E-state index contributed by atoms with van der Waals surface area (Å²) in [5.41, 5.74) is 0. The molecule has 0 aliphatic carbocycles. The van der Waals surface area contributed by atoms with Crippen molar-refractivity contribution in [3.8, 4) is 11.5 Å². The largest absolute Gasteiger partial charge is 0.508 e. The molecular formula is C20H21NO3. The summed E-state index contributed by atoms with van der Waals surface area (Å²) in [4.78, 5) is 9.89. The van der Waals surface area contributed by atoms with Crippen molar-refractivity contribution >= 4 is 17.2 Å². The maximum Gasteiger partial charge on any atom is 0.207 e. The molecule has 0 radical (unpaired) electrons. The molecule has 0 fully saturated rings. The summed E-state index contributed by atoms with van der Waals surface area (Å²) in [5, 5.41) is 13.9. The normalized spacial score (nSPS) is 9.67. The molecule has 124 valence electrons. The van der Waals surface area contributed by atoms with Crippen LogP contribution < -0.4 is 10.1 Å². The van der Waals surface area contributed by atoms with Crippen molar-refractivity contribution < 1.29 is 14.6 Å². The van der Waals surface area contributed by atoms with Crippen molar-refractivity contribution in [2.24, 2.45) is 0 Å². The van der Waals surface area contributed by atoms with Gasteiger partial charge < -0.3 is 15.2 Å². The van der Waals surface area contributed by atoms with Crippen LogP contribution >= 0.6 is 0 Å². The number of phenols is 1. The lowest BCUT2D eigenvalue weighted by atomic mass is 10.1. The van der Waals surface area contributed by atoms with Crippen LogP contribution in [0.25, 0.3) is 10.8 Å². The van der Waals surface area contributed by atoms with Gasteiger partial charge in [-0.15, -0.1) is 0 Å². The molecule has 2 N–H and O–H groups in total. The van der Waals surface area contributed by atoms with Crippen LogP contribution in [0.4, 0.5) is 0 Å². The van der Waals surface area contributed by atoms with Gasteiger partial charge in [-0.3, -0.25) is 4.79 Å². The molecule has 3 aromatic carbocycles. The molecule has 0 aliphatic heterocycles. The lowest BCUT2D eigenvalue weighted by Crippen LogP contribution is -2.14. The van der Waals surface area contributed by atoms with E-state index in [1.54, 1.807) is 12.1 Å². The van der Waals surface area contributed by atoms with Crippen molar-refractivity contribution in [2.75, 3.05) is 13.2 Å². The van der Waals surface area contributed by atoms with Gasteiger partial charge in [0.1, 0.15) is 11.5 Å². The van der Waals surface area contributed by atoms with E-state index in [2.05, 4.69) is 5.32 Å². The van der Waals surface area contributed by atoms with E-state index < -0.39 is 0 Å². The Labute approximate surface area is 141 Å². The Balaban J connectivity index is 0.000000175. The number of phenolic OH excluding ortho intramolecular Hbond substituents is 1. The Morgan fingerprint density at radius 2 is 1.62 bits per heavy atom. The van der Waals surface area contributed by atoms with Crippen molar-refractivity contribution in [1.82, 2.24) is 5.32 Å². The second-order valence-corrected chi connectivity index (χ2v) is 5.12. The fraction of sp³-hybridized carbons (Fsp3) is 0.150. The third-order valence-corrected chi connectivity index (χ3v) is 3.29. The number of nitrogens with one attached hydrogen (secondary N) is 1. The molecule has 4 nitrogen and oxygen atoms in total. The minimum absolute atomic E-state index is 0.323. The summed E-state index contributed by atoms with van der Waals surface area (Å²) in [6.07, 6.45) is 1.52. The van der Waals surface area contributed by atoms with Crippen LogP contribution in [-0.2, 0) is 4.79 Å². The Morgan fingerprint density at radius 3 is 2.38 bits per heavy atom. The molecule has 0 unspecified atom stereocenters. The average Bonchev–Trinajstić information content (AvgIpc) is 2.63. The van der Waals surface area contributed by atoms with Crippen molar-refractivity contribution in [2.45, 2.75) is 6.42 Å². The highest BCUT2D eigenvalue weighted by atomic mass is 16.5. The first-order valence-electron chi connectivity index (χ1n) is 7.82. The first-order chi connectivity index (χ1) is 11.8. The van der Waals surface area contributed by atoms with Gasteiger partial charge in [-0.2, -0.15) is 0 Å². The molecule has 3 rings (SSSR count). The first-order valence-corrected chi connectivity index (χ1v) is 7.82. The minimum atomic E-state index is 0.323. The van der Waals surface area contributed by atoms with Gasteiger partial charge in [0.05, 0.1) is 6.61 Å². The zero-order valence-electron chi connectivity index (χ0n) is 13.4. The van der Waals surface area contributed by atoms with Crippen LogP contribution in [0.1, 0.15) is 6.42 Å². The molecule has 0 heterocycles. The molecule has 0 spiro atoms. The predicted molar refractivity (Wildman–Crippen MR) is 96.2 cm³/mol. The van der Waals surface area contributed by atoms with Crippen molar-refractivity contribution in [1.29, 1.82) is 0 Å². The Morgan fingerprint density at radius 1 is 0.917 bits per heavy atom. The van der Waals surface area contributed by atoms with Crippen LogP contribution in [0, 0.1) is 0 Å². The van der Waals surface area contributed by atoms with E-state index in [0.717, 1.165) is 22.9 Å². The number of ether oxygens (including phenoxy) is 1. The number of hydrogen-bond acceptors (Lipinski definition) is 3. The summed E-state index contributed by atoms with van der Waals surface area (Å²) >= 11 is 0. The average molecular weight is 323 g/mol. The highest BCUT2D eigenvalue weighted by Gasteiger charge is 1.91. The first kappa shape index (κ1) is 17.3. The Kier molecular flexibility index (Phi) is 7.15. The molecule has 1 amide bonds. The summed E-state index contributed by atoms with van der Waals surface area (Å²) in [7, 11) is 0. The van der Waals surface area contributed by atoms with E-state index in [1.165, 1.54) is 0 Å². The summed E-state index contributed by atoms with van der Waals surface area (Å²) < 4.78 is 5.40. The van der Waals surface area contributed by atoms with Crippen LogP contribution in [0.3, 0.4) is 0 Å². The van der Waals surface area contributed by atoms with E-state index in [4.69, 9.17) is 9.84 Å². The van der Waals surface area contributed by atoms with E-state index in [9.17, 15) is 4.79 Å². The predicted octanol–water partition coefficient (Wildman–Crippen LogP) is 3.75. The number of carbonyl (C=O) groups excluding carboxylic acids is 1. The van der Waals surface area contributed by atoms with E-state index >= 15 is 0 Å². The van der Waals surface area contributed by atoms with Gasteiger partial charge in [0.25, 0.3) is 0 Å². The molecule has 0 aliphatic rings. The molecular weight excluding hydrogens is 302 g/mol. The quantitative estimate of drug-likeness (QED) is 0.536. The van der Waals surface area contributed by atoms with E-state index in [1.807, 2.05) is 60.7 Å². The summed E-state index contributed by atoms with van der Waals surface area (Å²) in [5.74, 6) is 1.19. The fourth-order valence-electron chi connectivity index (χ4n) is 2.12. The molecule has 3 aromatic rings. The minimum Gasteiger partial charge on any atom is -0.508 e. The SMILES string of the molecule is O=CNCCCOc1ccccc1.Oc1ccc2ccccc2c1. The lowest BCUT2D eigenvalue weighted by molar-refractivity contribution is -0.109. The zero-order chi connectivity index (χ0) is 17.0. The number of hydrogen-bond donors (Lipinski definition) is 2. The summed E-state index contributed by atoms with van der Waals surface area (Å²) in [6.45, 7) is 1.29. The second kappa shape index (κ2) is 9.90. The standard InChI is InChI=1S/C10H13NO2.C10H8O/c12-9-11-7-4-8-13-10-5-2-1-3-6-10;11-10-6-5-8-3-1-2-4-9(8)7-10/h1-3,5-6,9H,4,7-8H2,(H,11,12);1-7,11H. The number of para-hydroxylation sites is 1. The van der Waals surface area contributed by atoms with Gasteiger partial charge >= 0.3 is 0 Å². The topological polar surface area (TPSA) is 58.6 Å². The van der Waals surface area contributed by atoms with Gasteiger partial charge in [-0.05, 0) is 41.5 Å². The van der Waals surface area contributed by atoms with Gasteiger partial charge in [0, 0.05) is 6.54 Å². The van der Waals surface area contributed by atoms with Crippen LogP contribution in [0.2, 0.25) is 0 Å².